The molecule has 2 heterocycles. The van der Waals surface area contributed by atoms with Gasteiger partial charge in [0.2, 0.25) is 0 Å². The van der Waals surface area contributed by atoms with E-state index in [9.17, 15) is 0 Å². The summed E-state index contributed by atoms with van der Waals surface area (Å²) >= 11 is 1.86. The minimum atomic E-state index is 0.564. The largest absolute Gasteiger partial charge is 0.454 e. The molecule has 10 rings (SSSR count). The van der Waals surface area contributed by atoms with Crippen LogP contribution in [0.3, 0.4) is 0 Å². The molecule has 236 valence electrons. The molecule has 3 heteroatoms. The van der Waals surface area contributed by atoms with E-state index in [1.807, 2.05) is 11.3 Å². The number of hydrogen-bond acceptors (Lipinski definition) is 3. The van der Waals surface area contributed by atoms with Gasteiger partial charge in [-0.15, -0.1) is 11.3 Å². The van der Waals surface area contributed by atoms with Gasteiger partial charge in [0.15, 0.2) is 5.58 Å². The van der Waals surface area contributed by atoms with Crippen LogP contribution in [0.25, 0.3) is 64.0 Å². The topological polar surface area (TPSA) is 16.4 Å². The van der Waals surface area contributed by atoms with Gasteiger partial charge in [0, 0.05) is 42.3 Å². The standard InChI is InChI=1S/C46H35NOS/c1-2-11-31(12-3-1)37-18-9-19-40-41-20-10-21-42(46(41)48-45(37)40)47(34-27-28-39-38-16-6-7-22-43(38)49-44(39)29-34)33-25-23-32(24-26-33)36-17-8-14-30-13-4-5-15-35(30)36/h4-10,13-29,31H,1-3,11-12H2. The molecule has 0 unspecified atom stereocenters. The molecule has 0 bridgehead atoms. The van der Waals surface area contributed by atoms with E-state index >= 15 is 0 Å². The molecule has 0 amide bonds. The predicted molar refractivity (Wildman–Crippen MR) is 210 cm³/mol. The van der Waals surface area contributed by atoms with Crippen molar-refractivity contribution >= 4 is 81.3 Å². The first kappa shape index (κ1) is 28.6. The number of nitrogens with zero attached hydrogens (tertiary/aromatic N) is 1. The van der Waals surface area contributed by atoms with Crippen LogP contribution >= 0.6 is 11.3 Å². The van der Waals surface area contributed by atoms with E-state index in [4.69, 9.17) is 4.42 Å². The minimum absolute atomic E-state index is 0.564. The van der Waals surface area contributed by atoms with Crippen LogP contribution < -0.4 is 4.90 Å². The van der Waals surface area contributed by atoms with Crippen LogP contribution in [-0.2, 0) is 0 Å². The third-order valence-corrected chi connectivity index (χ3v) is 11.8. The highest BCUT2D eigenvalue weighted by molar-refractivity contribution is 7.25. The Morgan fingerprint density at radius 2 is 1.18 bits per heavy atom. The monoisotopic (exact) mass is 649 g/mol. The van der Waals surface area contributed by atoms with Gasteiger partial charge in [-0.2, -0.15) is 0 Å². The normalized spacial score (nSPS) is 14.0. The molecule has 1 saturated carbocycles. The Morgan fingerprint density at radius 3 is 2.06 bits per heavy atom. The molecule has 1 fully saturated rings. The summed E-state index contributed by atoms with van der Waals surface area (Å²) in [7, 11) is 0. The molecule has 0 spiro atoms. The fourth-order valence-corrected chi connectivity index (χ4v) is 9.43. The van der Waals surface area contributed by atoms with E-state index < -0.39 is 0 Å². The lowest BCUT2D eigenvalue weighted by Gasteiger charge is -2.26. The van der Waals surface area contributed by atoms with Gasteiger partial charge in [0.1, 0.15) is 5.58 Å². The van der Waals surface area contributed by atoms with E-state index in [1.54, 1.807) is 0 Å². The summed E-state index contributed by atoms with van der Waals surface area (Å²) in [6.07, 6.45) is 6.43. The molecule has 0 radical (unpaired) electrons. The summed E-state index contributed by atoms with van der Waals surface area (Å²) in [4.78, 5) is 2.39. The minimum Gasteiger partial charge on any atom is -0.454 e. The van der Waals surface area contributed by atoms with Gasteiger partial charge >= 0.3 is 0 Å². The van der Waals surface area contributed by atoms with Gasteiger partial charge in [0.25, 0.3) is 0 Å². The third-order valence-electron chi connectivity index (χ3n) is 10.7. The number of rotatable bonds is 5. The van der Waals surface area contributed by atoms with Gasteiger partial charge in [-0.25, -0.2) is 0 Å². The SMILES string of the molecule is c1ccc2c(-c3ccc(N(c4ccc5c(c4)sc4ccccc45)c4cccc5c4oc4c(C6CCCCC6)cccc45)cc3)cccc2c1. The van der Waals surface area contributed by atoms with Crippen LogP contribution in [-0.4, -0.2) is 0 Å². The number of fused-ring (bicyclic) bond motifs is 7. The Morgan fingerprint density at radius 1 is 0.510 bits per heavy atom. The highest BCUT2D eigenvalue weighted by Gasteiger charge is 2.24. The van der Waals surface area contributed by atoms with Crippen LogP contribution in [0.1, 0.15) is 43.6 Å². The Balaban J connectivity index is 1.17. The molecule has 0 atom stereocenters. The molecule has 1 aliphatic rings. The van der Waals surface area contributed by atoms with Crippen LogP contribution in [0.15, 0.2) is 150 Å². The Hall–Kier alpha value is -5.38. The summed E-state index contributed by atoms with van der Waals surface area (Å²) in [5.41, 5.74) is 9.11. The first-order valence-electron chi connectivity index (χ1n) is 17.5. The highest BCUT2D eigenvalue weighted by Crippen LogP contribution is 2.46. The number of thiophene rings is 1. The Bertz CT molecular complexity index is 2650. The smallest absolute Gasteiger partial charge is 0.159 e. The molecule has 0 N–H and O–H groups in total. The second-order valence-electron chi connectivity index (χ2n) is 13.5. The Kier molecular flexibility index (Phi) is 6.80. The lowest BCUT2D eigenvalue weighted by atomic mass is 9.83. The summed E-state index contributed by atoms with van der Waals surface area (Å²) < 4.78 is 9.63. The van der Waals surface area contributed by atoms with Gasteiger partial charge in [-0.05, 0) is 82.6 Å². The van der Waals surface area contributed by atoms with E-state index in [-0.39, 0.29) is 0 Å². The molecular formula is C46H35NOS. The second kappa shape index (κ2) is 11.6. The van der Waals surface area contributed by atoms with Gasteiger partial charge in [-0.1, -0.05) is 128 Å². The van der Waals surface area contributed by atoms with E-state index in [0.717, 1.165) is 28.2 Å². The van der Waals surface area contributed by atoms with Crippen molar-refractivity contribution in [3.63, 3.8) is 0 Å². The zero-order chi connectivity index (χ0) is 32.3. The predicted octanol–water partition coefficient (Wildman–Crippen LogP) is 14.3. The molecule has 0 saturated heterocycles. The van der Waals surface area contributed by atoms with E-state index in [2.05, 4.69) is 150 Å². The molecular weight excluding hydrogens is 615 g/mol. The lowest BCUT2D eigenvalue weighted by molar-refractivity contribution is 0.442. The van der Waals surface area contributed by atoms with Crippen molar-refractivity contribution in [1.29, 1.82) is 0 Å². The number of para-hydroxylation sites is 2. The van der Waals surface area contributed by atoms with Crippen molar-refractivity contribution in [2.24, 2.45) is 0 Å². The summed E-state index contributed by atoms with van der Waals surface area (Å²) in [5.74, 6) is 0.564. The zero-order valence-electron chi connectivity index (χ0n) is 27.2. The highest BCUT2D eigenvalue weighted by atomic mass is 32.1. The number of benzene rings is 7. The van der Waals surface area contributed by atoms with Crippen LogP contribution in [0, 0.1) is 0 Å². The molecule has 2 nitrogen and oxygen atoms in total. The van der Waals surface area contributed by atoms with Crippen LogP contribution in [0.4, 0.5) is 17.1 Å². The maximum atomic E-state index is 7.03. The van der Waals surface area contributed by atoms with Crippen molar-refractivity contribution in [2.45, 2.75) is 38.0 Å². The number of anilines is 3. The molecule has 2 aromatic heterocycles. The average molecular weight is 650 g/mol. The van der Waals surface area contributed by atoms with Crippen LogP contribution in [0.5, 0.6) is 0 Å². The molecule has 7 aromatic carbocycles. The van der Waals surface area contributed by atoms with Gasteiger partial charge in [0.05, 0.1) is 5.69 Å². The van der Waals surface area contributed by atoms with Crippen LogP contribution in [0.2, 0.25) is 0 Å². The fraction of sp³-hybridized carbons (Fsp3) is 0.130. The van der Waals surface area contributed by atoms with Crippen molar-refractivity contribution in [2.75, 3.05) is 4.90 Å². The van der Waals surface area contributed by atoms with Gasteiger partial charge in [-0.3, -0.25) is 0 Å². The van der Waals surface area contributed by atoms with E-state index in [1.165, 1.54) is 90.5 Å². The molecule has 49 heavy (non-hydrogen) atoms. The van der Waals surface area contributed by atoms with Crippen molar-refractivity contribution < 1.29 is 4.42 Å². The summed E-state index contributed by atoms with van der Waals surface area (Å²) in [5, 5.41) is 7.53. The third kappa shape index (κ3) is 4.75. The molecule has 9 aromatic rings. The second-order valence-corrected chi connectivity index (χ2v) is 14.6. The van der Waals surface area contributed by atoms with Crippen molar-refractivity contribution in [3.8, 4) is 11.1 Å². The zero-order valence-corrected chi connectivity index (χ0v) is 28.0. The maximum absolute atomic E-state index is 7.03. The van der Waals surface area contributed by atoms with Gasteiger partial charge < -0.3 is 9.32 Å². The quantitative estimate of drug-likeness (QED) is 0.184. The van der Waals surface area contributed by atoms with E-state index in [0.29, 0.717) is 5.92 Å². The summed E-state index contributed by atoms with van der Waals surface area (Å²) in [6.45, 7) is 0. The summed E-state index contributed by atoms with van der Waals surface area (Å²) in [6, 6.07) is 53.3. The number of hydrogen-bond donors (Lipinski definition) is 0. The number of furan rings is 1. The molecule has 0 aliphatic heterocycles. The first-order valence-corrected chi connectivity index (χ1v) is 18.4. The van der Waals surface area contributed by atoms with Crippen molar-refractivity contribution in [1.82, 2.24) is 0 Å². The molecule has 1 aliphatic carbocycles. The average Bonchev–Trinajstić information content (AvgIpc) is 3.74. The lowest BCUT2D eigenvalue weighted by Crippen LogP contribution is -2.10. The van der Waals surface area contributed by atoms with Crippen molar-refractivity contribution in [3.05, 3.63) is 151 Å². The first-order chi connectivity index (χ1) is 24.3. The fourth-order valence-electron chi connectivity index (χ4n) is 8.29. The Labute approximate surface area is 289 Å². The maximum Gasteiger partial charge on any atom is 0.159 e.